The van der Waals surface area contributed by atoms with Crippen molar-refractivity contribution in [2.45, 2.75) is 37.0 Å². The van der Waals surface area contributed by atoms with Gasteiger partial charge in [-0.3, -0.25) is 9.59 Å². The third-order valence-corrected chi connectivity index (χ3v) is 7.82. The van der Waals surface area contributed by atoms with Crippen LogP contribution in [0.2, 0.25) is 0 Å². The minimum Gasteiger partial charge on any atom is -0.462 e. The first-order valence-electron chi connectivity index (χ1n) is 11.1. The number of rotatable bonds is 9. The Bertz CT molecular complexity index is 1320. The number of amides is 1. The summed E-state index contributed by atoms with van der Waals surface area (Å²) in [5.41, 5.74) is 12.0. The molecule has 1 amide bonds. The average Bonchev–Trinajstić information content (AvgIpc) is 3.45. The molecule has 0 radical (unpaired) electrons. The predicted octanol–water partition coefficient (Wildman–Crippen LogP) is 1.72. The number of halogens is 3. The van der Waals surface area contributed by atoms with Crippen molar-refractivity contribution >= 4 is 79.6 Å². The number of aliphatic hydroxyl groups excluding tert-OH is 2. The summed E-state index contributed by atoms with van der Waals surface area (Å²) in [7, 11) is 0. The standard InChI is InChI=1S/C23H22I3N5O7/c24-11-2-1-3-12(7-11)37-19-13(25)4-10(5-14(19)26)6-15(27)23(35)36-8-16-17(32)18(33)22(38-16)31-9-29-21(30-31)20(28)34/h1-5,7,9,15-18,22,32-33H,6,8,27H2,(H2,28,34)/t15-,16+,17+,18+,22+/m0/s1. The molecule has 15 heteroatoms. The molecule has 1 aliphatic heterocycles. The molecule has 0 aliphatic carbocycles. The summed E-state index contributed by atoms with van der Waals surface area (Å²) < 4.78 is 20.8. The van der Waals surface area contributed by atoms with Crippen LogP contribution in [-0.4, -0.2) is 67.8 Å². The van der Waals surface area contributed by atoms with Crippen molar-refractivity contribution in [1.29, 1.82) is 0 Å². The van der Waals surface area contributed by atoms with E-state index in [2.05, 4.69) is 77.9 Å². The molecule has 1 saturated heterocycles. The van der Waals surface area contributed by atoms with Gasteiger partial charge in [0.2, 0.25) is 5.82 Å². The Labute approximate surface area is 257 Å². The molecule has 5 atom stereocenters. The summed E-state index contributed by atoms with van der Waals surface area (Å²) >= 11 is 6.57. The summed E-state index contributed by atoms with van der Waals surface area (Å²) in [4.78, 5) is 27.5. The molecule has 1 aromatic heterocycles. The van der Waals surface area contributed by atoms with Crippen molar-refractivity contribution in [3.8, 4) is 11.5 Å². The molecule has 0 unspecified atom stereocenters. The predicted molar refractivity (Wildman–Crippen MR) is 158 cm³/mol. The van der Waals surface area contributed by atoms with E-state index in [1.165, 1.54) is 0 Å². The van der Waals surface area contributed by atoms with E-state index in [1.54, 1.807) is 0 Å². The number of benzene rings is 2. The summed E-state index contributed by atoms with van der Waals surface area (Å²) in [6.07, 6.45) is -3.63. The van der Waals surface area contributed by atoms with Crippen LogP contribution < -0.4 is 16.2 Å². The number of hydrogen-bond acceptors (Lipinski definition) is 10. The van der Waals surface area contributed by atoms with Crippen molar-refractivity contribution in [1.82, 2.24) is 14.8 Å². The maximum absolute atomic E-state index is 12.6. The van der Waals surface area contributed by atoms with E-state index in [0.29, 0.717) is 5.75 Å². The van der Waals surface area contributed by atoms with E-state index in [-0.39, 0.29) is 18.9 Å². The van der Waals surface area contributed by atoms with E-state index >= 15 is 0 Å². The second kappa shape index (κ2) is 12.7. The van der Waals surface area contributed by atoms with Crippen molar-refractivity contribution in [2.75, 3.05) is 6.61 Å². The molecule has 2 heterocycles. The largest absolute Gasteiger partial charge is 0.462 e. The lowest BCUT2D eigenvalue weighted by atomic mass is 10.1. The number of carbonyl (C=O) groups is 2. The highest BCUT2D eigenvalue weighted by molar-refractivity contribution is 14.1. The second-order valence-corrected chi connectivity index (χ2v) is 11.9. The second-order valence-electron chi connectivity index (χ2n) is 8.35. The molecule has 4 rings (SSSR count). The molecule has 2 aromatic carbocycles. The summed E-state index contributed by atoms with van der Waals surface area (Å²) in [6, 6.07) is 10.5. The first-order valence-corrected chi connectivity index (χ1v) is 14.3. The lowest BCUT2D eigenvalue weighted by molar-refractivity contribution is -0.151. The van der Waals surface area contributed by atoms with Crippen molar-refractivity contribution in [3.05, 3.63) is 64.8 Å². The molecule has 0 saturated carbocycles. The fourth-order valence-electron chi connectivity index (χ4n) is 3.68. The van der Waals surface area contributed by atoms with E-state index in [4.69, 9.17) is 25.7 Å². The quantitative estimate of drug-likeness (QED) is 0.183. The Kier molecular flexibility index (Phi) is 9.79. The topological polar surface area (TPSA) is 185 Å². The molecule has 6 N–H and O–H groups in total. The van der Waals surface area contributed by atoms with Gasteiger partial charge in [-0.2, -0.15) is 0 Å². The lowest BCUT2D eigenvalue weighted by Crippen LogP contribution is -2.38. The smallest absolute Gasteiger partial charge is 0.323 e. The van der Waals surface area contributed by atoms with Crippen molar-refractivity contribution in [3.63, 3.8) is 0 Å². The number of aliphatic hydroxyl groups is 2. The molecule has 38 heavy (non-hydrogen) atoms. The van der Waals surface area contributed by atoms with Gasteiger partial charge in [-0.15, -0.1) is 5.10 Å². The number of primary amides is 1. The van der Waals surface area contributed by atoms with Gasteiger partial charge in [0, 0.05) is 3.57 Å². The molecule has 202 valence electrons. The Balaban J connectivity index is 1.33. The number of nitrogens with zero attached hydrogens (tertiary/aromatic N) is 3. The first-order chi connectivity index (χ1) is 18.0. The molecule has 1 aliphatic rings. The summed E-state index contributed by atoms with van der Waals surface area (Å²) in [5.74, 6) is -0.381. The van der Waals surface area contributed by atoms with Crippen LogP contribution >= 0.6 is 67.8 Å². The molecule has 0 bridgehead atoms. The maximum atomic E-state index is 12.6. The van der Waals surface area contributed by atoms with Crippen LogP contribution in [0.4, 0.5) is 0 Å². The molecule has 12 nitrogen and oxygen atoms in total. The van der Waals surface area contributed by atoms with Gasteiger partial charge in [0.15, 0.2) is 12.0 Å². The van der Waals surface area contributed by atoms with E-state index in [9.17, 15) is 19.8 Å². The average molecular weight is 861 g/mol. The molecule has 3 aromatic rings. The fraction of sp³-hybridized carbons (Fsp3) is 0.304. The minimum atomic E-state index is -1.40. The fourth-order valence-corrected chi connectivity index (χ4v) is 6.31. The Morgan fingerprint density at radius 3 is 2.47 bits per heavy atom. The summed E-state index contributed by atoms with van der Waals surface area (Å²) in [5, 5.41) is 24.5. The highest BCUT2D eigenvalue weighted by Gasteiger charge is 2.45. The first kappa shape index (κ1) is 29.3. The number of nitrogens with two attached hydrogens (primary N) is 2. The van der Waals surface area contributed by atoms with Crippen LogP contribution in [0.5, 0.6) is 11.5 Å². The van der Waals surface area contributed by atoms with E-state index in [1.807, 2.05) is 36.4 Å². The Morgan fingerprint density at radius 1 is 1.13 bits per heavy atom. The van der Waals surface area contributed by atoms with Crippen molar-refractivity contribution < 1.29 is 34.0 Å². The van der Waals surface area contributed by atoms with Gasteiger partial charge in [-0.25, -0.2) is 9.67 Å². The highest BCUT2D eigenvalue weighted by Crippen LogP contribution is 2.34. The van der Waals surface area contributed by atoms with Gasteiger partial charge in [-0.1, -0.05) is 6.07 Å². The molecule has 1 fully saturated rings. The highest BCUT2D eigenvalue weighted by atomic mass is 127. The zero-order valence-corrected chi connectivity index (χ0v) is 25.9. The number of hydrogen-bond donors (Lipinski definition) is 4. The van der Waals surface area contributed by atoms with Crippen LogP contribution in [0.15, 0.2) is 42.7 Å². The molecule has 0 spiro atoms. The number of esters is 1. The van der Waals surface area contributed by atoms with E-state index in [0.717, 1.165) is 33.0 Å². The Morgan fingerprint density at radius 2 is 1.84 bits per heavy atom. The number of ether oxygens (including phenoxy) is 3. The summed E-state index contributed by atoms with van der Waals surface area (Å²) in [6.45, 7) is -0.351. The van der Waals surface area contributed by atoms with Gasteiger partial charge >= 0.3 is 5.97 Å². The normalized spacial score (nSPS) is 21.7. The van der Waals surface area contributed by atoms with Gasteiger partial charge in [0.1, 0.15) is 43.0 Å². The molecular formula is C23H22I3N5O7. The van der Waals surface area contributed by atoms with Crippen molar-refractivity contribution in [2.24, 2.45) is 11.5 Å². The van der Waals surface area contributed by atoms with Gasteiger partial charge in [-0.05, 0) is 110 Å². The monoisotopic (exact) mass is 861 g/mol. The zero-order valence-electron chi connectivity index (χ0n) is 19.4. The maximum Gasteiger partial charge on any atom is 0.323 e. The van der Waals surface area contributed by atoms with Gasteiger partial charge < -0.3 is 35.9 Å². The lowest BCUT2D eigenvalue weighted by Gasteiger charge is -2.17. The van der Waals surface area contributed by atoms with E-state index < -0.39 is 42.5 Å². The van der Waals surface area contributed by atoms with Gasteiger partial charge in [0.05, 0.1) is 7.14 Å². The van der Waals surface area contributed by atoms with Gasteiger partial charge in [0.25, 0.3) is 5.91 Å². The number of carbonyl (C=O) groups excluding carboxylic acids is 2. The third-order valence-electron chi connectivity index (χ3n) is 5.55. The third kappa shape index (κ3) is 6.91. The Hall–Kier alpha value is -1.65. The SMILES string of the molecule is NC(=O)c1ncn([C@@H]2O[C@H](COC(=O)[C@@H](N)Cc3cc(I)c(Oc4cccc(I)c4)c(I)c3)[C@@H](O)[C@H]2O)n1. The number of aromatic nitrogens is 3. The van der Waals surface area contributed by atoms with Crippen LogP contribution in [0.1, 0.15) is 22.4 Å². The van der Waals surface area contributed by atoms with Crippen LogP contribution in [0.3, 0.4) is 0 Å². The van der Waals surface area contributed by atoms with Crippen LogP contribution in [-0.2, 0) is 20.7 Å². The van der Waals surface area contributed by atoms with Crippen LogP contribution in [0, 0.1) is 10.7 Å². The zero-order chi connectivity index (χ0) is 27.6. The van der Waals surface area contributed by atoms with Crippen LogP contribution in [0.25, 0.3) is 0 Å². The molecular weight excluding hydrogens is 839 g/mol. The minimum absolute atomic E-state index is 0.211.